The molecule has 0 radical (unpaired) electrons. The monoisotopic (exact) mass is 334 g/mol. The van der Waals surface area contributed by atoms with Crippen LogP contribution < -0.4 is 0 Å². The Labute approximate surface area is 144 Å². The fraction of sp³-hybridized carbons (Fsp3) is 0.850. The van der Waals surface area contributed by atoms with Crippen molar-refractivity contribution in [1.29, 1.82) is 0 Å². The molecule has 4 aliphatic rings. The summed E-state index contributed by atoms with van der Waals surface area (Å²) in [5.41, 5.74) is 0.424. The summed E-state index contributed by atoms with van der Waals surface area (Å²) >= 11 is 0. The van der Waals surface area contributed by atoms with Gasteiger partial charge in [-0.05, 0) is 49.9 Å². The Hall–Kier alpha value is -0.870. The van der Waals surface area contributed by atoms with Crippen LogP contribution in [0.1, 0.15) is 65.7 Å². The average molecular weight is 334 g/mol. The highest BCUT2D eigenvalue weighted by Crippen LogP contribution is 2.69. The normalized spacial score (nSPS) is 43.0. The second-order valence-electron chi connectivity index (χ2n) is 9.08. The second kappa shape index (κ2) is 5.07. The Kier molecular flexibility index (Phi) is 3.51. The van der Waals surface area contributed by atoms with Gasteiger partial charge in [-0.25, -0.2) is 0 Å². The molecule has 3 atom stereocenters. The molecule has 1 saturated heterocycles. The number of rotatable bonds is 1. The first kappa shape index (κ1) is 16.6. The van der Waals surface area contributed by atoms with E-state index in [1.807, 2.05) is 0 Å². The highest BCUT2D eigenvalue weighted by atomic mass is 16.7. The van der Waals surface area contributed by atoms with E-state index in [0.29, 0.717) is 19.1 Å². The molecule has 134 valence electrons. The van der Waals surface area contributed by atoms with Gasteiger partial charge < -0.3 is 14.6 Å². The zero-order valence-corrected chi connectivity index (χ0v) is 15.2. The van der Waals surface area contributed by atoms with Crippen LogP contribution in [0.3, 0.4) is 0 Å². The molecule has 3 fully saturated rings. The molecule has 3 aliphatic carbocycles. The van der Waals surface area contributed by atoms with Crippen LogP contribution in [0.15, 0.2) is 11.6 Å². The largest absolute Gasteiger partial charge is 0.481 e. The van der Waals surface area contributed by atoms with Gasteiger partial charge in [0.15, 0.2) is 5.79 Å². The van der Waals surface area contributed by atoms with Crippen LogP contribution in [0.4, 0.5) is 0 Å². The maximum atomic E-state index is 12.2. The number of allylic oxidation sites excluding steroid dienone is 1. The van der Waals surface area contributed by atoms with Crippen LogP contribution in [0, 0.1) is 22.2 Å². The van der Waals surface area contributed by atoms with Gasteiger partial charge in [-0.3, -0.25) is 4.79 Å². The summed E-state index contributed by atoms with van der Waals surface area (Å²) < 4.78 is 12.3. The summed E-state index contributed by atoms with van der Waals surface area (Å²) in [4.78, 5) is 12.2. The van der Waals surface area contributed by atoms with E-state index in [1.165, 1.54) is 5.57 Å². The van der Waals surface area contributed by atoms with Crippen molar-refractivity contribution in [3.63, 3.8) is 0 Å². The molecule has 24 heavy (non-hydrogen) atoms. The van der Waals surface area contributed by atoms with Crippen LogP contribution in [-0.2, 0) is 14.3 Å². The van der Waals surface area contributed by atoms with Gasteiger partial charge in [0.2, 0.25) is 0 Å². The van der Waals surface area contributed by atoms with Crippen LogP contribution in [0.2, 0.25) is 0 Å². The SMILES string of the molecule is CC1(C)[C@@H]2CC[C@@]3(C(=O)O)CCCC=C3[C@@]2(C)CCC12OCCO2. The van der Waals surface area contributed by atoms with Crippen molar-refractivity contribution in [3.8, 4) is 0 Å². The van der Waals surface area contributed by atoms with Crippen LogP contribution in [-0.4, -0.2) is 30.1 Å². The van der Waals surface area contributed by atoms with Gasteiger partial charge in [0, 0.05) is 11.8 Å². The van der Waals surface area contributed by atoms with E-state index in [2.05, 4.69) is 26.8 Å². The number of carbonyl (C=O) groups is 1. The maximum absolute atomic E-state index is 12.2. The summed E-state index contributed by atoms with van der Waals surface area (Å²) in [5, 5.41) is 10.1. The Bertz CT molecular complexity index is 586. The molecule has 0 unspecified atom stereocenters. The van der Waals surface area contributed by atoms with E-state index in [9.17, 15) is 9.90 Å². The molecule has 0 aromatic rings. The van der Waals surface area contributed by atoms with Crippen molar-refractivity contribution in [2.45, 2.75) is 71.5 Å². The molecular formula is C20H30O4. The van der Waals surface area contributed by atoms with Crippen LogP contribution in [0.5, 0.6) is 0 Å². The quantitative estimate of drug-likeness (QED) is 0.732. The Morgan fingerprint density at radius 3 is 2.50 bits per heavy atom. The topological polar surface area (TPSA) is 55.8 Å². The minimum atomic E-state index is -0.624. The molecule has 4 heteroatoms. The predicted molar refractivity (Wildman–Crippen MR) is 90.5 cm³/mol. The lowest BCUT2D eigenvalue weighted by molar-refractivity contribution is -0.285. The number of hydrogen-bond donors (Lipinski definition) is 1. The van der Waals surface area contributed by atoms with E-state index in [4.69, 9.17) is 9.47 Å². The van der Waals surface area contributed by atoms with E-state index >= 15 is 0 Å². The Balaban J connectivity index is 1.79. The lowest BCUT2D eigenvalue weighted by atomic mass is 9.42. The third-order valence-electron chi connectivity index (χ3n) is 7.91. The lowest BCUT2D eigenvalue weighted by Gasteiger charge is -2.63. The maximum Gasteiger partial charge on any atom is 0.313 e. The summed E-state index contributed by atoms with van der Waals surface area (Å²) in [6, 6.07) is 0. The number of hydrogen-bond acceptors (Lipinski definition) is 3. The van der Waals surface area contributed by atoms with Crippen molar-refractivity contribution >= 4 is 5.97 Å². The molecule has 0 aromatic heterocycles. The third-order valence-corrected chi connectivity index (χ3v) is 7.91. The first-order chi connectivity index (χ1) is 11.3. The van der Waals surface area contributed by atoms with Crippen LogP contribution >= 0.6 is 0 Å². The minimum absolute atomic E-state index is 0.0544. The van der Waals surface area contributed by atoms with Gasteiger partial charge in [-0.15, -0.1) is 0 Å². The van der Waals surface area contributed by atoms with Gasteiger partial charge >= 0.3 is 5.97 Å². The van der Waals surface area contributed by atoms with E-state index < -0.39 is 17.2 Å². The van der Waals surface area contributed by atoms with E-state index in [1.54, 1.807) is 0 Å². The number of carboxylic acids is 1. The van der Waals surface area contributed by atoms with Crippen molar-refractivity contribution in [2.75, 3.05) is 13.2 Å². The fourth-order valence-corrected chi connectivity index (χ4v) is 6.69. The molecule has 0 bridgehead atoms. The molecule has 1 aliphatic heterocycles. The first-order valence-electron chi connectivity index (χ1n) is 9.51. The van der Waals surface area contributed by atoms with Gasteiger partial charge in [0.05, 0.1) is 18.6 Å². The molecule has 0 amide bonds. The van der Waals surface area contributed by atoms with E-state index in [0.717, 1.165) is 44.9 Å². The van der Waals surface area contributed by atoms with Gasteiger partial charge in [0.25, 0.3) is 0 Å². The van der Waals surface area contributed by atoms with Crippen molar-refractivity contribution in [2.24, 2.45) is 22.2 Å². The molecule has 4 rings (SSSR count). The highest BCUT2D eigenvalue weighted by Gasteiger charge is 2.67. The van der Waals surface area contributed by atoms with Crippen LogP contribution in [0.25, 0.3) is 0 Å². The molecular weight excluding hydrogens is 304 g/mol. The van der Waals surface area contributed by atoms with Crippen molar-refractivity contribution in [1.82, 2.24) is 0 Å². The zero-order valence-electron chi connectivity index (χ0n) is 15.2. The van der Waals surface area contributed by atoms with Crippen molar-refractivity contribution in [3.05, 3.63) is 11.6 Å². The number of aliphatic carboxylic acids is 1. The number of fused-ring (bicyclic) bond motifs is 3. The Morgan fingerprint density at radius 1 is 1.12 bits per heavy atom. The fourth-order valence-electron chi connectivity index (χ4n) is 6.69. The highest BCUT2D eigenvalue weighted by molar-refractivity contribution is 5.80. The van der Waals surface area contributed by atoms with Gasteiger partial charge in [-0.2, -0.15) is 0 Å². The summed E-state index contributed by atoms with van der Waals surface area (Å²) in [6.07, 6.45) is 8.61. The first-order valence-corrected chi connectivity index (χ1v) is 9.51. The smallest absolute Gasteiger partial charge is 0.313 e. The number of carboxylic acid groups (broad SMARTS) is 1. The molecule has 1 heterocycles. The predicted octanol–water partition coefficient (Wildman–Crippen LogP) is 4.15. The standard InChI is InChI=1S/C20H30O4/c1-17(2)14-7-9-19(16(21)22)8-5-4-6-15(19)18(14,3)10-11-20(17)23-12-13-24-20/h6,14H,4-5,7-13H2,1-3H3,(H,21,22)/t14-,18-,19-/m0/s1. The van der Waals surface area contributed by atoms with Gasteiger partial charge in [0.1, 0.15) is 0 Å². The average Bonchev–Trinajstić information content (AvgIpc) is 3.02. The van der Waals surface area contributed by atoms with Gasteiger partial charge in [-0.1, -0.05) is 32.4 Å². The lowest BCUT2D eigenvalue weighted by Crippen LogP contribution is -2.62. The second-order valence-corrected chi connectivity index (χ2v) is 9.08. The zero-order chi connectivity index (χ0) is 17.2. The minimum Gasteiger partial charge on any atom is -0.481 e. The summed E-state index contributed by atoms with van der Waals surface area (Å²) in [5.74, 6) is -0.691. The summed E-state index contributed by atoms with van der Waals surface area (Å²) in [7, 11) is 0. The van der Waals surface area contributed by atoms with Crippen molar-refractivity contribution < 1.29 is 19.4 Å². The molecule has 4 nitrogen and oxygen atoms in total. The Morgan fingerprint density at radius 2 is 1.83 bits per heavy atom. The van der Waals surface area contributed by atoms with E-state index in [-0.39, 0.29) is 10.8 Å². The molecule has 1 spiro atoms. The molecule has 0 aromatic carbocycles. The molecule has 1 N–H and O–H groups in total. The third kappa shape index (κ3) is 1.84. The summed E-state index contributed by atoms with van der Waals surface area (Å²) in [6.45, 7) is 8.22. The molecule has 2 saturated carbocycles. The number of ether oxygens (including phenoxy) is 2.